The normalized spacial score (nSPS) is 21.9. The standard InChI is InChI=1S/C24H18F3NO2/c25-24(26,27)17-6-3-5-16(12-17)21-22(29)20(30-23(21)28-18-10-11-18)13-15-9-8-14-4-1-2-7-19(14)15/h1-9,12-13,15,18,28H,10-11H2/b20-13-. The van der Waals surface area contributed by atoms with E-state index in [2.05, 4.69) is 5.32 Å². The van der Waals surface area contributed by atoms with Gasteiger partial charge >= 0.3 is 6.18 Å². The lowest BCUT2D eigenvalue weighted by Crippen LogP contribution is -2.16. The van der Waals surface area contributed by atoms with Crippen LogP contribution >= 0.6 is 0 Å². The summed E-state index contributed by atoms with van der Waals surface area (Å²) in [6.07, 6.45) is 3.09. The molecular weight excluding hydrogens is 391 g/mol. The lowest BCUT2D eigenvalue weighted by Gasteiger charge is -2.10. The van der Waals surface area contributed by atoms with Crippen LogP contribution in [0.4, 0.5) is 13.2 Å². The lowest BCUT2D eigenvalue weighted by molar-refractivity contribution is -0.137. The zero-order chi connectivity index (χ0) is 20.9. The highest BCUT2D eigenvalue weighted by Gasteiger charge is 2.37. The summed E-state index contributed by atoms with van der Waals surface area (Å²) in [4.78, 5) is 13.2. The third-order valence-electron chi connectivity index (χ3n) is 5.45. The lowest BCUT2D eigenvalue weighted by atomic mass is 9.96. The largest absolute Gasteiger partial charge is 0.437 e. The molecule has 0 aromatic heterocycles. The zero-order valence-electron chi connectivity index (χ0n) is 15.9. The molecule has 152 valence electrons. The van der Waals surface area contributed by atoms with Crippen molar-refractivity contribution >= 4 is 17.4 Å². The number of hydrogen-bond acceptors (Lipinski definition) is 3. The molecule has 1 atom stereocenters. The molecule has 3 nitrogen and oxygen atoms in total. The van der Waals surface area contributed by atoms with Crippen molar-refractivity contribution in [2.75, 3.05) is 0 Å². The van der Waals surface area contributed by atoms with Gasteiger partial charge in [0.15, 0.2) is 5.76 Å². The minimum atomic E-state index is -4.49. The molecule has 0 amide bonds. The van der Waals surface area contributed by atoms with Crippen LogP contribution in [0.3, 0.4) is 0 Å². The van der Waals surface area contributed by atoms with Crippen LogP contribution in [0.1, 0.15) is 41.0 Å². The molecular formula is C24H18F3NO2. The van der Waals surface area contributed by atoms with Gasteiger partial charge in [-0.25, -0.2) is 0 Å². The molecule has 1 aliphatic heterocycles. The summed E-state index contributed by atoms with van der Waals surface area (Å²) in [5.41, 5.74) is 1.69. The van der Waals surface area contributed by atoms with Gasteiger partial charge in [0.25, 0.3) is 0 Å². The molecule has 2 aromatic rings. The molecule has 3 aliphatic rings. The fourth-order valence-corrected chi connectivity index (χ4v) is 3.76. The van der Waals surface area contributed by atoms with E-state index in [-0.39, 0.29) is 34.7 Å². The number of carbonyl (C=O) groups is 1. The first-order chi connectivity index (χ1) is 14.4. The van der Waals surface area contributed by atoms with Crippen LogP contribution < -0.4 is 5.32 Å². The van der Waals surface area contributed by atoms with Gasteiger partial charge in [0, 0.05) is 12.0 Å². The summed E-state index contributed by atoms with van der Waals surface area (Å²) in [7, 11) is 0. The SMILES string of the molecule is O=C1C(c2cccc(C(F)(F)F)c2)=C(NC2CC2)O/C1=C\C1C=Cc2ccccc21. The van der Waals surface area contributed by atoms with Crippen molar-refractivity contribution in [3.8, 4) is 0 Å². The maximum absolute atomic E-state index is 13.2. The Morgan fingerprint density at radius 3 is 2.63 bits per heavy atom. The smallest absolute Gasteiger partial charge is 0.416 e. The molecule has 0 spiro atoms. The second kappa shape index (κ2) is 6.90. The van der Waals surface area contributed by atoms with Gasteiger partial charge in [-0.05, 0) is 47.7 Å². The van der Waals surface area contributed by atoms with Gasteiger partial charge in [0.05, 0.1) is 11.1 Å². The average Bonchev–Trinajstić information content (AvgIpc) is 3.37. The van der Waals surface area contributed by atoms with E-state index in [1.165, 1.54) is 12.1 Å². The maximum Gasteiger partial charge on any atom is 0.416 e. The minimum absolute atomic E-state index is 0.122. The zero-order valence-corrected chi connectivity index (χ0v) is 15.9. The first kappa shape index (κ1) is 18.7. The Morgan fingerprint density at radius 1 is 1.07 bits per heavy atom. The van der Waals surface area contributed by atoms with E-state index in [9.17, 15) is 18.0 Å². The van der Waals surface area contributed by atoms with Gasteiger partial charge in [0.2, 0.25) is 11.7 Å². The van der Waals surface area contributed by atoms with Crippen LogP contribution in [0.5, 0.6) is 0 Å². The molecule has 1 N–H and O–H groups in total. The van der Waals surface area contributed by atoms with Crippen LogP contribution in [-0.4, -0.2) is 11.8 Å². The Kier molecular flexibility index (Phi) is 4.31. The second-order valence-electron chi connectivity index (χ2n) is 7.68. The number of benzene rings is 2. The van der Waals surface area contributed by atoms with Crippen molar-refractivity contribution < 1.29 is 22.7 Å². The molecule has 1 fully saturated rings. The number of hydrogen-bond donors (Lipinski definition) is 1. The van der Waals surface area contributed by atoms with E-state index in [0.29, 0.717) is 0 Å². The number of allylic oxidation sites excluding steroid dienone is 3. The molecule has 30 heavy (non-hydrogen) atoms. The molecule has 0 bridgehead atoms. The number of rotatable bonds is 4. The van der Waals surface area contributed by atoms with Crippen molar-refractivity contribution in [2.45, 2.75) is 31.0 Å². The molecule has 0 radical (unpaired) electrons. The number of halogens is 3. The monoisotopic (exact) mass is 409 g/mol. The van der Waals surface area contributed by atoms with E-state index in [4.69, 9.17) is 4.74 Å². The molecule has 1 heterocycles. The number of nitrogens with one attached hydrogen (secondary N) is 1. The summed E-state index contributed by atoms with van der Waals surface area (Å²) in [6, 6.07) is 12.9. The third kappa shape index (κ3) is 3.43. The molecule has 5 rings (SSSR count). The summed E-state index contributed by atoms with van der Waals surface area (Å²) < 4.78 is 45.4. The van der Waals surface area contributed by atoms with E-state index < -0.39 is 17.5 Å². The quantitative estimate of drug-likeness (QED) is 0.686. The average molecular weight is 409 g/mol. The van der Waals surface area contributed by atoms with Crippen molar-refractivity contribution in [1.29, 1.82) is 0 Å². The molecule has 1 unspecified atom stereocenters. The third-order valence-corrected chi connectivity index (χ3v) is 5.45. The van der Waals surface area contributed by atoms with E-state index in [1.54, 1.807) is 6.08 Å². The number of ketones is 1. The number of Topliss-reactive ketones (excluding diaryl/α,β-unsaturated/α-hetero) is 1. The molecule has 0 saturated heterocycles. The summed E-state index contributed by atoms with van der Waals surface area (Å²) in [6.45, 7) is 0. The van der Waals surface area contributed by atoms with Crippen LogP contribution in [0, 0.1) is 0 Å². The fraction of sp³-hybridized carbons (Fsp3) is 0.208. The van der Waals surface area contributed by atoms with Crippen LogP contribution in [0.25, 0.3) is 11.6 Å². The first-order valence-corrected chi connectivity index (χ1v) is 9.80. The van der Waals surface area contributed by atoms with Gasteiger partial charge < -0.3 is 10.1 Å². The van der Waals surface area contributed by atoms with Crippen molar-refractivity contribution in [3.05, 3.63) is 94.6 Å². The molecule has 6 heteroatoms. The maximum atomic E-state index is 13.2. The fourth-order valence-electron chi connectivity index (χ4n) is 3.76. The van der Waals surface area contributed by atoms with E-state index in [0.717, 1.165) is 36.1 Å². The van der Waals surface area contributed by atoms with Crippen LogP contribution in [-0.2, 0) is 15.7 Å². The van der Waals surface area contributed by atoms with Crippen LogP contribution in [0.15, 0.2) is 72.3 Å². The Labute approximate surface area is 171 Å². The van der Waals surface area contributed by atoms with E-state index in [1.807, 2.05) is 36.4 Å². The summed E-state index contributed by atoms with van der Waals surface area (Å²) in [5.74, 6) is -0.154. The highest BCUT2D eigenvalue weighted by Crippen LogP contribution is 2.39. The second-order valence-corrected chi connectivity index (χ2v) is 7.68. The van der Waals surface area contributed by atoms with Crippen LogP contribution in [0.2, 0.25) is 0 Å². The Bertz CT molecular complexity index is 1120. The molecule has 2 aromatic carbocycles. The topological polar surface area (TPSA) is 38.3 Å². The van der Waals surface area contributed by atoms with Gasteiger partial charge in [-0.3, -0.25) is 4.79 Å². The Hall–Kier alpha value is -3.28. The number of ether oxygens (including phenoxy) is 1. The predicted octanol–water partition coefficient (Wildman–Crippen LogP) is 5.42. The van der Waals surface area contributed by atoms with Crippen molar-refractivity contribution in [3.63, 3.8) is 0 Å². The summed E-state index contributed by atoms with van der Waals surface area (Å²) in [5, 5.41) is 3.16. The summed E-state index contributed by atoms with van der Waals surface area (Å²) >= 11 is 0. The number of carbonyl (C=O) groups excluding carboxylic acids is 1. The van der Waals surface area contributed by atoms with Crippen molar-refractivity contribution in [2.24, 2.45) is 0 Å². The Morgan fingerprint density at radius 2 is 1.87 bits per heavy atom. The Balaban J connectivity index is 1.51. The molecule has 2 aliphatic carbocycles. The van der Waals surface area contributed by atoms with E-state index >= 15 is 0 Å². The van der Waals surface area contributed by atoms with Gasteiger partial charge in [-0.15, -0.1) is 0 Å². The number of fused-ring (bicyclic) bond motifs is 1. The number of alkyl halides is 3. The van der Waals surface area contributed by atoms with Gasteiger partial charge in [0.1, 0.15) is 0 Å². The highest BCUT2D eigenvalue weighted by molar-refractivity contribution is 6.30. The predicted molar refractivity (Wildman–Crippen MR) is 107 cm³/mol. The van der Waals surface area contributed by atoms with Gasteiger partial charge in [-0.2, -0.15) is 13.2 Å². The molecule has 1 saturated carbocycles. The first-order valence-electron chi connectivity index (χ1n) is 9.80. The van der Waals surface area contributed by atoms with Gasteiger partial charge in [-0.1, -0.05) is 48.6 Å². The van der Waals surface area contributed by atoms with Crippen molar-refractivity contribution in [1.82, 2.24) is 5.32 Å². The minimum Gasteiger partial charge on any atom is -0.437 e. The highest BCUT2D eigenvalue weighted by atomic mass is 19.4.